The van der Waals surface area contributed by atoms with Crippen molar-refractivity contribution in [3.63, 3.8) is 0 Å². The van der Waals surface area contributed by atoms with Gasteiger partial charge in [0.25, 0.3) is 5.56 Å². The summed E-state index contributed by atoms with van der Waals surface area (Å²) in [5.41, 5.74) is -0.0918. The van der Waals surface area contributed by atoms with Gasteiger partial charge in [0.05, 0.1) is 10.3 Å². The van der Waals surface area contributed by atoms with Crippen LogP contribution in [0, 0.1) is 5.82 Å². The van der Waals surface area contributed by atoms with E-state index in [1.54, 1.807) is 24.3 Å². The number of hydrogen-bond donors (Lipinski definition) is 0. The van der Waals surface area contributed by atoms with Crippen LogP contribution in [-0.2, 0) is 26.3 Å². The molecule has 0 radical (unpaired) electrons. The molecule has 0 atom stereocenters. The molecule has 3 aromatic rings. The Morgan fingerprint density at radius 2 is 1.86 bits per heavy atom. The summed E-state index contributed by atoms with van der Waals surface area (Å²) < 4.78 is 44.3. The summed E-state index contributed by atoms with van der Waals surface area (Å²) in [5.74, 6) is -1.47. The van der Waals surface area contributed by atoms with E-state index in [1.165, 1.54) is 7.05 Å². The highest BCUT2D eigenvalue weighted by molar-refractivity contribution is 7.89. The number of benzene rings is 2. The zero-order chi connectivity index (χ0) is 20.3. The summed E-state index contributed by atoms with van der Waals surface area (Å²) in [5, 5.41) is 7.83. The maximum absolute atomic E-state index is 13.0. The molecule has 0 aliphatic carbocycles. The molecule has 9 nitrogen and oxygen atoms in total. The highest BCUT2D eigenvalue weighted by Gasteiger charge is 2.23. The molecule has 146 valence electrons. The van der Waals surface area contributed by atoms with Gasteiger partial charge in [0.1, 0.15) is 17.9 Å². The number of hydrogen-bond acceptors (Lipinski definition) is 7. The van der Waals surface area contributed by atoms with Crippen molar-refractivity contribution < 1.29 is 22.3 Å². The third kappa shape index (κ3) is 4.05. The number of esters is 1. The Labute approximate surface area is 159 Å². The lowest BCUT2D eigenvalue weighted by Crippen LogP contribution is -2.34. The van der Waals surface area contributed by atoms with Crippen molar-refractivity contribution in [2.24, 2.45) is 0 Å². The molecule has 0 unspecified atom stereocenters. The van der Waals surface area contributed by atoms with Gasteiger partial charge in [0.15, 0.2) is 6.73 Å². The SMILES string of the molecule is CN(CC(=O)OCn1nnc2ccccc2c1=O)S(=O)(=O)c1ccc(F)cc1. The van der Waals surface area contributed by atoms with Crippen LogP contribution in [0.5, 0.6) is 0 Å². The number of nitrogens with zero attached hydrogens (tertiary/aromatic N) is 4. The Morgan fingerprint density at radius 3 is 2.57 bits per heavy atom. The molecule has 0 fully saturated rings. The highest BCUT2D eigenvalue weighted by atomic mass is 32.2. The fraction of sp³-hybridized carbons (Fsp3) is 0.176. The highest BCUT2D eigenvalue weighted by Crippen LogP contribution is 2.14. The van der Waals surface area contributed by atoms with E-state index < -0.39 is 40.6 Å². The molecule has 11 heteroatoms. The van der Waals surface area contributed by atoms with Crippen LogP contribution in [0.4, 0.5) is 4.39 Å². The van der Waals surface area contributed by atoms with Gasteiger partial charge >= 0.3 is 5.97 Å². The van der Waals surface area contributed by atoms with Crippen LogP contribution < -0.4 is 5.56 Å². The van der Waals surface area contributed by atoms with Crippen LogP contribution in [0.2, 0.25) is 0 Å². The number of rotatable bonds is 6. The van der Waals surface area contributed by atoms with E-state index in [4.69, 9.17) is 4.74 Å². The molecule has 0 aliphatic heterocycles. The minimum absolute atomic E-state index is 0.166. The first kappa shape index (κ1) is 19.6. The summed E-state index contributed by atoms with van der Waals surface area (Å²) >= 11 is 0. The predicted molar refractivity (Wildman–Crippen MR) is 96.1 cm³/mol. The van der Waals surface area contributed by atoms with Crippen molar-refractivity contribution in [1.82, 2.24) is 19.3 Å². The Morgan fingerprint density at radius 1 is 1.18 bits per heavy atom. The van der Waals surface area contributed by atoms with Crippen LogP contribution in [0.25, 0.3) is 10.9 Å². The molecule has 1 aromatic heterocycles. The number of aromatic nitrogens is 3. The van der Waals surface area contributed by atoms with E-state index in [9.17, 15) is 22.4 Å². The van der Waals surface area contributed by atoms with Gasteiger partial charge in [-0.1, -0.05) is 17.3 Å². The quantitative estimate of drug-likeness (QED) is 0.556. The summed E-state index contributed by atoms with van der Waals surface area (Å²) in [7, 11) is -2.82. The van der Waals surface area contributed by atoms with E-state index in [0.717, 1.165) is 33.3 Å². The van der Waals surface area contributed by atoms with Gasteiger partial charge in [-0.2, -0.15) is 8.99 Å². The summed E-state index contributed by atoms with van der Waals surface area (Å²) in [6.07, 6.45) is 0. The lowest BCUT2D eigenvalue weighted by molar-refractivity contribution is -0.148. The van der Waals surface area contributed by atoms with Crippen LogP contribution in [-0.4, -0.2) is 47.3 Å². The van der Waals surface area contributed by atoms with E-state index in [-0.39, 0.29) is 4.90 Å². The molecule has 0 N–H and O–H groups in total. The third-order valence-electron chi connectivity index (χ3n) is 3.85. The van der Waals surface area contributed by atoms with Crippen molar-refractivity contribution in [3.05, 3.63) is 64.7 Å². The summed E-state index contributed by atoms with van der Waals surface area (Å²) in [4.78, 5) is 24.1. The third-order valence-corrected chi connectivity index (χ3v) is 5.67. The second-order valence-electron chi connectivity index (χ2n) is 5.77. The van der Waals surface area contributed by atoms with Crippen molar-refractivity contribution in [2.45, 2.75) is 11.6 Å². The molecule has 0 aliphatic rings. The van der Waals surface area contributed by atoms with Gasteiger partial charge in [0, 0.05) is 7.05 Å². The van der Waals surface area contributed by atoms with Crippen LogP contribution >= 0.6 is 0 Å². The smallest absolute Gasteiger partial charge is 0.323 e. The molecule has 0 bridgehead atoms. The van der Waals surface area contributed by atoms with Crippen molar-refractivity contribution in [2.75, 3.05) is 13.6 Å². The number of ether oxygens (including phenoxy) is 1. The fourth-order valence-electron chi connectivity index (χ4n) is 2.34. The van der Waals surface area contributed by atoms with E-state index in [2.05, 4.69) is 10.3 Å². The van der Waals surface area contributed by atoms with Gasteiger partial charge in [-0.25, -0.2) is 12.8 Å². The topological polar surface area (TPSA) is 111 Å². The molecule has 3 rings (SSSR count). The first-order valence-electron chi connectivity index (χ1n) is 7.99. The largest absolute Gasteiger partial charge is 0.441 e. The molecule has 0 amide bonds. The van der Waals surface area contributed by atoms with Crippen LogP contribution in [0.15, 0.2) is 58.2 Å². The number of likely N-dealkylation sites (N-methyl/N-ethyl adjacent to an activating group) is 1. The number of sulfonamides is 1. The average Bonchev–Trinajstić information content (AvgIpc) is 2.68. The fourth-order valence-corrected chi connectivity index (χ4v) is 3.46. The molecule has 0 saturated heterocycles. The van der Waals surface area contributed by atoms with Gasteiger partial charge in [0.2, 0.25) is 10.0 Å². The lowest BCUT2D eigenvalue weighted by Gasteiger charge is -2.16. The summed E-state index contributed by atoms with van der Waals surface area (Å²) in [6.45, 7) is -1.12. The first-order valence-corrected chi connectivity index (χ1v) is 9.43. The number of carbonyl (C=O) groups is 1. The van der Waals surface area contributed by atoms with Gasteiger partial charge in [-0.3, -0.25) is 9.59 Å². The van der Waals surface area contributed by atoms with Crippen LogP contribution in [0.3, 0.4) is 0 Å². The van der Waals surface area contributed by atoms with E-state index >= 15 is 0 Å². The zero-order valence-electron chi connectivity index (χ0n) is 14.6. The standard InChI is InChI=1S/C17H15FN4O5S/c1-21(28(25,26)13-8-6-12(18)7-9-13)10-16(23)27-11-22-17(24)14-4-2-3-5-15(14)19-20-22/h2-9H,10-11H2,1H3. The molecule has 0 spiro atoms. The molecule has 28 heavy (non-hydrogen) atoms. The van der Waals surface area contributed by atoms with E-state index in [0.29, 0.717) is 10.9 Å². The molecule has 1 heterocycles. The molecular formula is C17H15FN4O5S. The van der Waals surface area contributed by atoms with Gasteiger partial charge in [-0.15, -0.1) is 5.10 Å². The number of fused-ring (bicyclic) bond motifs is 1. The monoisotopic (exact) mass is 406 g/mol. The van der Waals surface area contributed by atoms with Gasteiger partial charge in [-0.05, 0) is 36.4 Å². The van der Waals surface area contributed by atoms with Gasteiger partial charge < -0.3 is 4.74 Å². The van der Waals surface area contributed by atoms with Crippen molar-refractivity contribution in [3.8, 4) is 0 Å². The second-order valence-corrected chi connectivity index (χ2v) is 7.82. The minimum Gasteiger partial charge on any atom is -0.441 e. The minimum atomic E-state index is -4.00. The average molecular weight is 406 g/mol. The Kier molecular flexibility index (Phi) is 5.47. The predicted octanol–water partition coefficient (Wildman–Crippen LogP) is 0.752. The first-order chi connectivity index (χ1) is 13.3. The second kappa shape index (κ2) is 7.82. The van der Waals surface area contributed by atoms with Crippen molar-refractivity contribution >= 4 is 26.9 Å². The zero-order valence-corrected chi connectivity index (χ0v) is 15.5. The maximum Gasteiger partial charge on any atom is 0.323 e. The number of halogens is 1. The summed E-state index contributed by atoms with van der Waals surface area (Å²) in [6, 6.07) is 10.7. The lowest BCUT2D eigenvalue weighted by atomic mass is 10.2. The molecular weight excluding hydrogens is 391 g/mol. The van der Waals surface area contributed by atoms with E-state index in [1.807, 2.05) is 0 Å². The molecule has 2 aromatic carbocycles. The molecule has 0 saturated carbocycles. The Balaban J connectivity index is 1.66. The maximum atomic E-state index is 13.0. The number of carbonyl (C=O) groups excluding carboxylic acids is 1. The Bertz CT molecular complexity index is 1180. The van der Waals surface area contributed by atoms with Crippen molar-refractivity contribution in [1.29, 1.82) is 0 Å². The van der Waals surface area contributed by atoms with Crippen LogP contribution in [0.1, 0.15) is 0 Å². The Hall–Kier alpha value is -3.18. The normalized spacial score (nSPS) is 11.7.